The molecule has 0 aliphatic heterocycles. The minimum absolute atomic E-state index is 0.742. The van der Waals surface area contributed by atoms with Crippen molar-refractivity contribution in [2.45, 2.75) is 0 Å². The zero-order valence-electron chi connectivity index (χ0n) is 28.1. The van der Waals surface area contributed by atoms with Gasteiger partial charge in [0.05, 0.1) is 23.8 Å². The van der Waals surface area contributed by atoms with Crippen LogP contribution in [0, 0.1) is 35.5 Å². The van der Waals surface area contributed by atoms with Gasteiger partial charge in [-0.15, -0.1) is 0 Å². The number of hydrogen-bond donors (Lipinski definition) is 2. The molecule has 0 atom stereocenters. The first-order chi connectivity index (χ1) is 25.7. The fourth-order valence-electron chi connectivity index (χ4n) is 5.67. The minimum atomic E-state index is 0.742. The molecular weight excluding hydrogens is 633 g/mol. The van der Waals surface area contributed by atoms with Crippen molar-refractivity contribution < 1.29 is 0 Å². The van der Waals surface area contributed by atoms with Gasteiger partial charge < -0.3 is 9.97 Å². The Bertz CT molecular complexity index is 2490. The van der Waals surface area contributed by atoms with Crippen LogP contribution in [-0.2, 0) is 0 Å². The second kappa shape index (κ2) is 14.9. The van der Waals surface area contributed by atoms with E-state index in [0.29, 0.717) is 0 Å². The van der Waals surface area contributed by atoms with Gasteiger partial charge in [0.25, 0.3) is 0 Å². The zero-order chi connectivity index (χ0) is 35.0. The SMILES string of the molecule is C(#Cc1ccc(-c2cnc(-c3cc(C#Cc4ccccc4)cc(-c4ncc(-c5ccc(C#Cc6ccccc6)cc5)[nH]4)c3)[nH]2)cc1)c1ccccc1. The van der Waals surface area contributed by atoms with Crippen LogP contribution >= 0.6 is 0 Å². The van der Waals surface area contributed by atoms with Gasteiger partial charge in [0.2, 0.25) is 0 Å². The van der Waals surface area contributed by atoms with Crippen LogP contribution in [0.1, 0.15) is 33.4 Å². The van der Waals surface area contributed by atoms with E-state index in [1.54, 1.807) is 0 Å². The van der Waals surface area contributed by atoms with E-state index in [-0.39, 0.29) is 0 Å². The van der Waals surface area contributed by atoms with E-state index in [0.717, 1.165) is 78.7 Å². The molecule has 2 N–H and O–H groups in total. The van der Waals surface area contributed by atoms with Crippen molar-refractivity contribution in [3.8, 4) is 80.8 Å². The van der Waals surface area contributed by atoms with Crippen LogP contribution in [0.25, 0.3) is 45.3 Å². The Kier molecular flexibility index (Phi) is 9.07. The second-order valence-electron chi connectivity index (χ2n) is 12.1. The highest BCUT2D eigenvalue weighted by Gasteiger charge is 2.12. The van der Waals surface area contributed by atoms with Crippen molar-refractivity contribution in [1.29, 1.82) is 0 Å². The summed E-state index contributed by atoms with van der Waals surface area (Å²) in [6.07, 6.45) is 3.72. The second-order valence-corrected chi connectivity index (χ2v) is 12.1. The lowest BCUT2D eigenvalue weighted by Crippen LogP contribution is -1.89. The highest BCUT2D eigenvalue weighted by Crippen LogP contribution is 2.29. The first-order valence-electron chi connectivity index (χ1n) is 16.9. The summed E-state index contributed by atoms with van der Waals surface area (Å²) in [5.74, 6) is 21.1. The lowest BCUT2D eigenvalue weighted by Gasteiger charge is -2.05. The van der Waals surface area contributed by atoms with Gasteiger partial charge in [-0.3, -0.25) is 0 Å². The number of rotatable bonds is 4. The van der Waals surface area contributed by atoms with Crippen LogP contribution in [0.3, 0.4) is 0 Å². The molecule has 0 saturated carbocycles. The molecule has 8 aromatic rings. The molecule has 6 aromatic carbocycles. The highest BCUT2D eigenvalue weighted by molar-refractivity contribution is 5.73. The number of aromatic nitrogens is 4. The summed E-state index contributed by atoms with van der Waals surface area (Å²) in [7, 11) is 0. The largest absolute Gasteiger partial charge is 0.338 e. The highest BCUT2D eigenvalue weighted by atomic mass is 14.9. The predicted molar refractivity (Wildman–Crippen MR) is 210 cm³/mol. The number of nitrogens with one attached hydrogen (secondary N) is 2. The van der Waals surface area contributed by atoms with Crippen LogP contribution in [0.4, 0.5) is 0 Å². The molecule has 52 heavy (non-hydrogen) atoms. The summed E-state index contributed by atoms with van der Waals surface area (Å²) < 4.78 is 0. The monoisotopic (exact) mass is 662 g/mol. The Hall–Kier alpha value is -7.58. The standard InChI is InChI=1S/C48H30N4/c1-4-10-35(11-5-1)16-18-38-22-26-41(27-23-38)45-33-49-47(51-45)43-30-40(21-20-37-14-8-3-9-15-37)31-44(32-43)48-50-34-46(52-48)42-28-24-39(25-29-42)19-17-36-12-6-2-7-13-36/h1-15,22-34H,(H,49,51)(H,50,52). The maximum absolute atomic E-state index is 4.78. The molecule has 242 valence electrons. The van der Waals surface area contributed by atoms with E-state index in [9.17, 15) is 0 Å². The Morgan fingerprint density at radius 2 is 0.635 bits per heavy atom. The predicted octanol–water partition coefficient (Wildman–Crippen LogP) is 10.0. The molecule has 0 aliphatic carbocycles. The van der Waals surface area contributed by atoms with E-state index < -0.39 is 0 Å². The normalized spacial score (nSPS) is 10.2. The summed E-state index contributed by atoms with van der Waals surface area (Å²) in [5, 5.41) is 0. The molecule has 0 fully saturated rings. The maximum atomic E-state index is 4.78. The van der Waals surface area contributed by atoms with Crippen molar-refractivity contribution in [2.75, 3.05) is 0 Å². The lowest BCUT2D eigenvalue weighted by molar-refractivity contribution is 1.28. The van der Waals surface area contributed by atoms with E-state index in [2.05, 4.69) is 88.0 Å². The van der Waals surface area contributed by atoms with Crippen LogP contribution in [-0.4, -0.2) is 19.9 Å². The number of H-pyrrole nitrogens is 2. The fourth-order valence-corrected chi connectivity index (χ4v) is 5.67. The molecule has 0 saturated heterocycles. The Labute approximate surface area is 303 Å². The number of nitrogens with zero attached hydrogens (tertiary/aromatic N) is 2. The average molecular weight is 663 g/mol. The van der Waals surface area contributed by atoms with E-state index in [1.165, 1.54) is 0 Å². The third-order valence-corrected chi connectivity index (χ3v) is 8.40. The molecule has 0 spiro atoms. The van der Waals surface area contributed by atoms with Gasteiger partial charge in [-0.2, -0.15) is 0 Å². The molecule has 4 heteroatoms. The first kappa shape index (κ1) is 31.7. The minimum Gasteiger partial charge on any atom is -0.338 e. The molecule has 4 nitrogen and oxygen atoms in total. The van der Waals surface area contributed by atoms with E-state index >= 15 is 0 Å². The van der Waals surface area contributed by atoms with E-state index in [4.69, 9.17) is 9.97 Å². The van der Waals surface area contributed by atoms with Crippen LogP contribution in [0.2, 0.25) is 0 Å². The van der Waals surface area contributed by atoms with Crippen molar-refractivity contribution >= 4 is 0 Å². The molecule has 0 bridgehead atoms. The summed E-state index contributed by atoms with van der Waals surface area (Å²) in [6.45, 7) is 0. The first-order valence-corrected chi connectivity index (χ1v) is 16.9. The van der Waals surface area contributed by atoms with Crippen LogP contribution < -0.4 is 0 Å². The summed E-state index contributed by atoms with van der Waals surface area (Å²) in [5.41, 5.74) is 11.4. The van der Waals surface area contributed by atoms with Crippen LogP contribution in [0.15, 0.2) is 170 Å². The molecule has 2 aromatic heterocycles. The maximum Gasteiger partial charge on any atom is 0.137 e. The third-order valence-electron chi connectivity index (χ3n) is 8.40. The van der Waals surface area contributed by atoms with E-state index in [1.807, 2.05) is 128 Å². The van der Waals surface area contributed by atoms with Crippen LogP contribution in [0.5, 0.6) is 0 Å². The Balaban J connectivity index is 1.07. The van der Waals surface area contributed by atoms with Crippen molar-refractivity contribution in [3.63, 3.8) is 0 Å². The Morgan fingerprint density at radius 1 is 0.308 bits per heavy atom. The lowest BCUT2D eigenvalue weighted by atomic mass is 10.0. The van der Waals surface area contributed by atoms with Gasteiger partial charge in [-0.05, 0) is 90.0 Å². The Morgan fingerprint density at radius 3 is 1.00 bits per heavy atom. The number of aromatic amines is 2. The molecule has 0 amide bonds. The summed E-state index contributed by atoms with van der Waals surface area (Å²) in [6, 6.07) is 52.6. The average Bonchev–Trinajstić information content (AvgIpc) is 3.92. The number of benzene rings is 6. The quantitative estimate of drug-likeness (QED) is 0.184. The zero-order valence-corrected chi connectivity index (χ0v) is 28.1. The number of imidazole rings is 2. The molecular formula is C48H30N4. The van der Waals surface area contributed by atoms with Gasteiger partial charge in [-0.1, -0.05) is 114 Å². The van der Waals surface area contributed by atoms with Gasteiger partial charge >= 0.3 is 0 Å². The molecule has 0 unspecified atom stereocenters. The molecule has 0 radical (unpaired) electrons. The summed E-state index contributed by atoms with van der Waals surface area (Å²) in [4.78, 5) is 16.6. The third kappa shape index (κ3) is 7.67. The topological polar surface area (TPSA) is 57.4 Å². The summed E-state index contributed by atoms with van der Waals surface area (Å²) >= 11 is 0. The molecule has 8 rings (SSSR count). The van der Waals surface area contributed by atoms with Crippen molar-refractivity contribution in [3.05, 3.63) is 203 Å². The fraction of sp³-hybridized carbons (Fsp3) is 0. The van der Waals surface area contributed by atoms with Crippen molar-refractivity contribution in [1.82, 2.24) is 19.9 Å². The molecule has 2 heterocycles. The van der Waals surface area contributed by atoms with Gasteiger partial charge in [-0.25, -0.2) is 9.97 Å². The molecule has 0 aliphatic rings. The smallest absolute Gasteiger partial charge is 0.137 e. The number of hydrogen-bond acceptors (Lipinski definition) is 2. The van der Waals surface area contributed by atoms with Gasteiger partial charge in [0.1, 0.15) is 11.6 Å². The van der Waals surface area contributed by atoms with Gasteiger partial charge in [0.15, 0.2) is 0 Å². The van der Waals surface area contributed by atoms with Crippen molar-refractivity contribution in [2.24, 2.45) is 0 Å². The van der Waals surface area contributed by atoms with Gasteiger partial charge in [0, 0.05) is 44.5 Å².